The first kappa shape index (κ1) is 17.9. The molecule has 5 nitrogen and oxygen atoms in total. The summed E-state index contributed by atoms with van der Waals surface area (Å²) >= 11 is 1.79. The zero-order valence-electron chi connectivity index (χ0n) is 14.9. The van der Waals surface area contributed by atoms with Crippen molar-refractivity contribution in [2.45, 2.75) is 38.5 Å². The summed E-state index contributed by atoms with van der Waals surface area (Å²) in [6.45, 7) is 0.587. The fourth-order valence-corrected chi connectivity index (χ4v) is 4.40. The number of aromatic nitrogens is 3. The average molecular weight is 384 g/mol. The molecule has 27 heavy (non-hydrogen) atoms. The van der Waals surface area contributed by atoms with Gasteiger partial charge in [-0.25, -0.2) is 14.1 Å². The second kappa shape index (κ2) is 8.00. The number of carbonyl (C=O) groups excluding carboxylic acids is 1. The number of hydrogen-bond donors (Lipinski definition) is 1. The summed E-state index contributed by atoms with van der Waals surface area (Å²) in [4.78, 5) is 18.3. The summed E-state index contributed by atoms with van der Waals surface area (Å²) in [6, 6.07) is 7.89. The minimum absolute atomic E-state index is 0.0549. The maximum Gasteiger partial charge on any atom is 0.226 e. The van der Waals surface area contributed by atoms with Gasteiger partial charge in [-0.05, 0) is 56.0 Å². The highest BCUT2D eigenvalue weighted by Crippen LogP contribution is 2.26. The van der Waals surface area contributed by atoms with Gasteiger partial charge in [-0.2, -0.15) is 5.10 Å². The Kier molecular flexibility index (Phi) is 5.29. The van der Waals surface area contributed by atoms with Crippen LogP contribution in [0.1, 0.15) is 34.1 Å². The molecule has 1 N–H and O–H groups in total. The van der Waals surface area contributed by atoms with Crippen molar-refractivity contribution in [2.24, 2.45) is 0 Å². The van der Waals surface area contributed by atoms with Crippen LogP contribution in [0.25, 0.3) is 5.69 Å². The molecule has 1 amide bonds. The molecule has 0 spiro atoms. The number of fused-ring (bicyclic) bond motifs is 1. The molecule has 0 aliphatic heterocycles. The number of thiazole rings is 1. The average Bonchev–Trinajstić information content (AvgIpc) is 3.29. The lowest BCUT2D eigenvalue weighted by Crippen LogP contribution is -2.27. The Labute approximate surface area is 161 Å². The predicted octanol–water partition coefficient (Wildman–Crippen LogP) is 3.25. The van der Waals surface area contributed by atoms with Crippen LogP contribution < -0.4 is 5.32 Å². The highest BCUT2D eigenvalue weighted by atomic mass is 32.1. The summed E-state index contributed by atoms with van der Waals surface area (Å²) in [7, 11) is 0. The molecule has 0 radical (unpaired) electrons. The largest absolute Gasteiger partial charge is 0.355 e. The van der Waals surface area contributed by atoms with Crippen LogP contribution in [-0.2, 0) is 30.5 Å². The molecule has 1 aliphatic carbocycles. The molecule has 0 unspecified atom stereocenters. The van der Waals surface area contributed by atoms with Gasteiger partial charge in [0.25, 0.3) is 0 Å². The van der Waals surface area contributed by atoms with E-state index < -0.39 is 0 Å². The first-order valence-electron chi connectivity index (χ1n) is 9.22. The van der Waals surface area contributed by atoms with Crippen molar-refractivity contribution >= 4 is 17.2 Å². The number of amides is 1. The summed E-state index contributed by atoms with van der Waals surface area (Å²) < 4.78 is 14.6. The molecule has 140 valence electrons. The molecule has 0 fully saturated rings. The summed E-state index contributed by atoms with van der Waals surface area (Å²) in [6.07, 6.45) is 7.50. The minimum atomic E-state index is -0.286. The van der Waals surface area contributed by atoms with E-state index in [1.165, 1.54) is 35.5 Å². The molecule has 1 aliphatic rings. The molecule has 2 aromatic heterocycles. The lowest BCUT2D eigenvalue weighted by atomic mass is 10.0. The van der Waals surface area contributed by atoms with Gasteiger partial charge < -0.3 is 5.32 Å². The third kappa shape index (κ3) is 4.42. The van der Waals surface area contributed by atoms with Gasteiger partial charge >= 0.3 is 0 Å². The second-order valence-corrected chi connectivity index (χ2v) is 7.86. The third-order valence-corrected chi connectivity index (χ3v) is 5.85. The molecule has 7 heteroatoms. The van der Waals surface area contributed by atoms with Gasteiger partial charge in [0.2, 0.25) is 5.91 Å². The molecule has 1 aromatic carbocycles. The third-order valence-electron chi connectivity index (χ3n) is 4.63. The summed E-state index contributed by atoms with van der Waals surface area (Å²) in [5.74, 6) is -0.340. The number of rotatable bonds is 6. The van der Waals surface area contributed by atoms with Gasteiger partial charge in [0.15, 0.2) is 0 Å². The Morgan fingerprint density at radius 2 is 2.00 bits per heavy atom. The van der Waals surface area contributed by atoms with Crippen LogP contribution >= 0.6 is 11.3 Å². The van der Waals surface area contributed by atoms with Crippen LogP contribution in [0.2, 0.25) is 0 Å². The van der Waals surface area contributed by atoms with Crippen LogP contribution in [0.5, 0.6) is 0 Å². The maximum absolute atomic E-state index is 13.0. The Morgan fingerprint density at radius 1 is 1.19 bits per heavy atom. The van der Waals surface area contributed by atoms with E-state index in [2.05, 4.69) is 10.4 Å². The van der Waals surface area contributed by atoms with Crippen molar-refractivity contribution in [1.82, 2.24) is 20.1 Å². The summed E-state index contributed by atoms with van der Waals surface area (Å²) in [5, 5.41) is 8.44. The first-order chi connectivity index (χ1) is 13.2. The highest BCUT2D eigenvalue weighted by Gasteiger charge is 2.15. The predicted molar refractivity (Wildman–Crippen MR) is 103 cm³/mol. The number of nitrogens with zero attached hydrogens (tertiary/aromatic N) is 3. The first-order valence-corrected chi connectivity index (χ1v) is 10.0. The zero-order chi connectivity index (χ0) is 18.6. The van der Waals surface area contributed by atoms with E-state index in [0.29, 0.717) is 12.2 Å². The van der Waals surface area contributed by atoms with Crippen molar-refractivity contribution in [2.75, 3.05) is 6.54 Å². The molecule has 0 saturated heterocycles. The van der Waals surface area contributed by atoms with Crippen molar-refractivity contribution < 1.29 is 9.18 Å². The van der Waals surface area contributed by atoms with Crippen LogP contribution in [0, 0.1) is 5.82 Å². The monoisotopic (exact) mass is 384 g/mol. The zero-order valence-corrected chi connectivity index (χ0v) is 15.8. The van der Waals surface area contributed by atoms with Gasteiger partial charge in [0, 0.05) is 24.0 Å². The smallest absolute Gasteiger partial charge is 0.226 e. The second-order valence-electron chi connectivity index (χ2n) is 6.69. The Morgan fingerprint density at radius 3 is 2.81 bits per heavy atom. The molecule has 3 aromatic rings. The molecule has 4 rings (SSSR count). The van der Waals surface area contributed by atoms with E-state index >= 15 is 0 Å². The lowest BCUT2D eigenvalue weighted by Gasteiger charge is -2.06. The minimum Gasteiger partial charge on any atom is -0.355 e. The van der Waals surface area contributed by atoms with Crippen molar-refractivity contribution in [3.8, 4) is 5.69 Å². The number of benzene rings is 1. The van der Waals surface area contributed by atoms with Crippen LogP contribution in [0.4, 0.5) is 4.39 Å². The Bertz CT molecular complexity index is 908. The molecule has 2 heterocycles. The van der Waals surface area contributed by atoms with E-state index in [9.17, 15) is 9.18 Å². The SMILES string of the molecule is O=C(Cc1ccn(-c2ccc(F)cc2)n1)NCCc1nc2c(s1)CCCC2. The number of aryl methyl sites for hydroxylation is 2. The van der Waals surface area contributed by atoms with E-state index in [4.69, 9.17) is 4.98 Å². The Hall–Kier alpha value is -2.54. The molecular weight excluding hydrogens is 363 g/mol. The highest BCUT2D eigenvalue weighted by molar-refractivity contribution is 7.11. The van der Waals surface area contributed by atoms with E-state index in [0.717, 1.165) is 30.0 Å². The quantitative estimate of drug-likeness (QED) is 0.710. The van der Waals surface area contributed by atoms with Crippen LogP contribution in [-0.4, -0.2) is 27.2 Å². The number of hydrogen-bond acceptors (Lipinski definition) is 4. The van der Waals surface area contributed by atoms with Gasteiger partial charge in [-0.15, -0.1) is 11.3 Å². The van der Waals surface area contributed by atoms with E-state index in [1.807, 2.05) is 0 Å². The standard InChI is InChI=1S/C20H21FN4OS/c21-14-5-7-16(8-6-14)25-12-10-15(24-25)13-19(26)22-11-9-20-23-17-3-1-2-4-18(17)27-20/h5-8,10,12H,1-4,9,11,13H2,(H,22,26). The Balaban J connectivity index is 1.27. The topological polar surface area (TPSA) is 59.8 Å². The van der Waals surface area contributed by atoms with Gasteiger partial charge in [-0.1, -0.05) is 0 Å². The molecule has 0 saturated carbocycles. The normalized spacial score (nSPS) is 13.4. The van der Waals surface area contributed by atoms with Gasteiger partial charge in [-0.3, -0.25) is 4.79 Å². The fraction of sp³-hybridized carbons (Fsp3) is 0.350. The maximum atomic E-state index is 13.0. The van der Waals surface area contributed by atoms with Gasteiger partial charge in [0.1, 0.15) is 5.82 Å². The van der Waals surface area contributed by atoms with Crippen molar-refractivity contribution in [3.63, 3.8) is 0 Å². The van der Waals surface area contributed by atoms with Crippen LogP contribution in [0.15, 0.2) is 36.5 Å². The van der Waals surface area contributed by atoms with E-state index in [-0.39, 0.29) is 18.1 Å². The fourth-order valence-electron chi connectivity index (χ4n) is 3.24. The van der Waals surface area contributed by atoms with Gasteiger partial charge in [0.05, 0.1) is 28.5 Å². The van der Waals surface area contributed by atoms with Crippen molar-refractivity contribution in [3.05, 3.63) is 63.6 Å². The number of nitrogens with one attached hydrogen (secondary N) is 1. The molecular formula is C20H21FN4OS. The summed E-state index contributed by atoms with van der Waals surface area (Å²) in [5.41, 5.74) is 2.70. The van der Waals surface area contributed by atoms with Crippen LogP contribution in [0.3, 0.4) is 0 Å². The van der Waals surface area contributed by atoms with E-state index in [1.54, 1.807) is 40.4 Å². The number of carbonyl (C=O) groups is 1. The number of halogens is 1. The lowest BCUT2D eigenvalue weighted by molar-refractivity contribution is -0.120. The molecule has 0 atom stereocenters. The van der Waals surface area contributed by atoms with Crippen molar-refractivity contribution in [1.29, 1.82) is 0 Å². The molecule has 0 bridgehead atoms.